The Bertz CT molecular complexity index is 1530. The standard InChI is InChI=1S/C29H25FN4O5/c1-37-21-9-6-18(7-10-21)16-34-17-23-25(12-13-31-27(23)33-29(34)36)39-26-11-8-20(15-24(26)30)32-28(35)19-4-3-5-22(14-19)38-2/h3-15H,16-17H2,1-2H3,(H,32,35)(H,31,33,36). The molecule has 1 aliphatic heterocycles. The molecule has 0 spiro atoms. The van der Waals surface area contributed by atoms with Crippen molar-refractivity contribution >= 4 is 23.4 Å². The zero-order valence-corrected chi connectivity index (χ0v) is 21.2. The van der Waals surface area contributed by atoms with Crippen LogP contribution < -0.4 is 24.8 Å². The fourth-order valence-electron chi connectivity index (χ4n) is 4.10. The Hall–Kier alpha value is -5.12. The van der Waals surface area contributed by atoms with Crippen LogP contribution in [0.4, 0.5) is 20.7 Å². The first kappa shape index (κ1) is 25.5. The maximum atomic E-state index is 15.0. The summed E-state index contributed by atoms with van der Waals surface area (Å²) in [5.41, 5.74) is 2.17. The van der Waals surface area contributed by atoms with E-state index in [9.17, 15) is 9.59 Å². The molecule has 0 saturated heterocycles. The molecule has 0 radical (unpaired) electrons. The Morgan fingerprint density at radius 2 is 1.79 bits per heavy atom. The Labute approximate surface area is 224 Å². The Morgan fingerprint density at radius 3 is 2.54 bits per heavy atom. The summed E-state index contributed by atoms with van der Waals surface area (Å²) in [5.74, 6) is 0.855. The number of hydrogen-bond donors (Lipinski definition) is 2. The molecule has 0 unspecified atom stereocenters. The van der Waals surface area contributed by atoms with Crippen LogP contribution >= 0.6 is 0 Å². The minimum atomic E-state index is -0.668. The van der Waals surface area contributed by atoms with Crippen molar-refractivity contribution in [3.63, 3.8) is 0 Å². The monoisotopic (exact) mass is 528 g/mol. The second-order valence-electron chi connectivity index (χ2n) is 8.70. The van der Waals surface area contributed by atoms with E-state index in [0.29, 0.717) is 35.0 Å². The van der Waals surface area contributed by atoms with Crippen LogP contribution in [0.3, 0.4) is 0 Å². The molecule has 0 aliphatic carbocycles. The number of anilines is 2. The average Bonchev–Trinajstić information content (AvgIpc) is 2.95. The number of amides is 3. The maximum Gasteiger partial charge on any atom is 0.323 e. The van der Waals surface area contributed by atoms with Crippen LogP contribution in [0.2, 0.25) is 0 Å². The van der Waals surface area contributed by atoms with Crippen molar-refractivity contribution in [1.82, 2.24) is 9.88 Å². The van der Waals surface area contributed by atoms with Gasteiger partial charge >= 0.3 is 6.03 Å². The van der Waals surface area contributed by atoms with E-state index in [0.717, 1.165) is 11.3 Å². The topological polar surface area (TPSA) is 102 Å². The molecule has 0 saturated carbocycles. The summed E-state index contributed by atoms with van der Waals surface area (Å²) in [5, 5.41) is 5.44. The van der Waals surface area contributed by atoms with Crippen LogP contribution in [0.1, 0.15) is 21.5 Å². The van der Waals surface area contributed by atoms with Crippen LogP contribution in [0.25, 0.3) is 0 Å². The fourth-order valence-corrected chi connectivity index (χ4v) is 4.10. The first-order chi connectivity index (χ1) is 18.9. The second-order valence-corrected chi connectivity index (χ2v) is 8.70. The number of urea groups is 1. The van der Waals surface area contributed by atoms with Gasteiger partial charge in [-0.25, -0.2) is 14.2 Å². The van der Waals surface area contributed by atoms with Gasteiger partial charge < -0.3 is 24.4 Å². The van der Waals surface area contributed by atoms with Gasteiger partial charge in [0.1, 0.15) is 23.1 Å². The van der Waals surface area contributed by atoms with Crippen LogP contribution in [0.5, 0.6) is 23.0 Å². The van der Waals surface area contributed by atoms with Crippen molar-refractivity contribution in [1.29, 1.82) is 0 Å². The maximum absolute atomic E-state index is 15.0. The van der Waals surface area contributed by atoms with Gasteiger partial charge in [-0.1, -0.05) is 18.2 Å². The lowest BCUT2D eigenvalue weighted by Crippen LogP contribution is -2.38. The van der Waals surface area contributed by atoms with E-state index in [-0.39, 0.29) is 24.0 Å². The molecule has 0 atom stereocenters. The number of carbonyl (C=O) groups excluding carboxylic acids is 2. The number of hydrogen-bond acceptors (Lipinski definition) is 6. The average molecular weight is 529 g/mol. The molecular formula is C29H25FN4O5. The van der Waals surface area contributed by atoms with E-state index < -0.39 is 11.7 Å². The molecule has 0 fully saturated rings. The van der Waals surface area contributed by atoms with Crippen molar-refractivity contribution in [3.05, 3.63) is 102 Å². The molecule has 9 nitrogen and oxygen atoms in total. The highest BCUT2D eigenvalue weighted by Gasteiger charge is 2.27. The molecule has 0 bridgehead atoms. The zero-order chi connectivity index (χ0) is 27.4. The summed E-state index contributed by atoms with van der Waals surface area (Å²) in [4.78, 5) is 31.1. The third-order valence-corrected chi connectivity index (χ3v) is 6.15. The molecule has 10 heteroatoms. The van der Waals surface area contributed by atoms with Crippen molar-refractivity contribution in [2.75, 3.05) is 24.9 Å². The van der Waals surface area contributed by atoms with Crippen LogP contribution in [0, 0.1) is 5.82 Å². The lowest BCUT2D eigenvalue weighted by Gasteiger charge is -2.29. The van der Waals surface area contributed by atoms with Gasteiger partial charge in [0.2, 0.25) is 0 Å². The first-order valence-electron chi connectivity index (χ1n) is 12.0. The predicted octanol–water partition coefficient (Wildman–Crippen LogP) is 5.83. The summed E-state index contributed by atoms with van der Waals surface area (Å²) < 4.78 is 31.3. The van der Waals surface area contributed by atoms with Crippen LogP contribution in [0.15, 0.2) is 79.0 Å². The minimum absolute atomic E-state index is 0.0404. The highest BCUT2D eigenvalue weighted by atomic mass is 19.1. The van der Waals surface area contributed by atoms with E-state index in [4.69, 9.17) is 14.2 Å². The van der Waals surface area contributed by atoms with E-state index in [1.54, 1.807) is 48.4 Å². The van der Waals surface area contributed by atoms with Gasteiger partial charge in [-0.2, -0.15) is 0 Å². The summed E-state index contributed by atoms with van der Waals surface area (Å²) in [6, 6.07) is 19.5. The second kappa shape index (κ2) is 11.1. The van der Waals surface area contributed by atoms with Gasteiger partial charge in [0.15, 0.2) is 11.6 Å². The van der Waals surface area contributed by atoms with E-state index in [1.807, 2.05) is 24.3 Å². The van der Waals surface area contributed by atoms with Crippen molar-refractivity contribution < 1.29 is 28.2 Å². The number of carbonyl (C=O) groups is 2. The molecule has 2 heterocycles. The number of pyridine rings is 1. The summed E-state index contributed by atoms with van der Waals surface area (Å²) in [6.45, 7) is 0.562. The molecule has 198 valence electrons. The summed E-state index contributed by atoms with van der Waals surface area (Å²) in [7, 11) is 3.10. The van der Waals surface area contributed by atoms with Crippen molar-refractivity contribution in [3.8, 4) is 23.0 Å². The smallest absolute Gasteiger partial charge is 0.323 e. The molecule has 2 N–H and O–H groups in total. The van der Waals surface area contributed by atoms with Gasteiger partial charge in [0, 0.05) is 30.1 Å². The highest BCUT2D eigenvalue weighted by Crippen LogP contribution is 2.35. The fraction of sp³-hybridized carbons (Fsp3) is 0.138. The number of methoxy groups -OCH3 is 2. The predicted molar refractivity (Wildman–Crippen MR) is 143 cm³/mol. The number of fused-ring (bicyclic) bond motifs is 1. The third kappa shape index (κ3) is 5.74. The molecule has 1 aliphatic rings. The van der Waals surface area contributed by atoms with Gasteiger partial charge in [0.25, 0.3) is 5.91 Å². The quantitative estimate of drug-likeness (QED) is 0.298. The van der Waals surface area contributed by atoms with Gasteiger partial charge in [-0.05, 0) is 54.1 Å². The SMILES string of the molecule is COc1ccc(CN2Cc3c(Oc4ccc(NC(=O)c5cccc(OC)c5)cc4F)ccnc3NC2=O)cc1. The number of halogens is 1. The Balaban J connectivity index is 1.31. The molecule has 4 aromatic rings. The number of rotatable bonds is 8. The normalized spacial score (nSPS) is 12.3. The molecule has 39 heavy (non-hydrogen) atoms. The van der Waals surface area contributed by atoms with Gasteiger partial charge in [0.05, 0.1) is 26.3 Å². The summed E-state index contributed by atoms with van der Waals surface area (Å²) in [6.07, 6.45) is 1.48. The first-order valence-corrected chi connectivity index (χ1v) is 12.0. The summed E-state index contributed by atoms with van der Waals surface area (Å²) >= 11 is 0. The van der Waals surface area contributed by atoms with E-state index in [2.05, 4.69) is 15.6 Å². The lowest BCUT2D eigenvalue weighted by atomic mass is 10.1. The zero-order valence-electron chi connectivity index (χ0n) is 21.2. The number of nitrogens with one attached hydrogen (secondary N) is 2. The third-order valence-electron chi connectivity index (χ3n) is 6.15. The number of nitrogens with zero attached hydrogens (tertiary/aromatic N) is 2. The van der Waals surface area contributed by atoms with Crippen LogP contribution in [-0.2, 0) is 13.1 Å². The minimum Gasteiger partial charge on any atom is -0.497 e. The Kier molecular flexibility index (Phi) is 7.26. The van der Waals surface area contributed by atoms with Crippen LogP contribution in [-0.4, -0.2) is 36.0 Å². The lowest BCUT2D eigenvalue weighted by molar-refractivity contribution is 0.102. The largest absolute Gasteiger partial charge is 0.497 e. The van der Waals surface area contributed by atoms with Gasteiger partial charge in [-0.15, -0.1) is 0 Å². The number of aromatic nitrogens is 1. The highest BCUT2D eigenvalue weighted by molar-refractivity contribution is 6.04. The van der Waals surface area contributed by atoms with E-state index in [1.165, 1.54) is 25.4 Å². The Morgan fingerprint density at radius 1 is 1.00 bits per heavy atom. The number of ether oxygens (including phenoxy) is 3. The van der Waals surface area contributed by atoms with Gasteiger partial charge in [-0.3, -0.25) is 10.1 Å². The molecular weight excluding hydrogens is 503 g/mol. The molecule has 5 rings (SSSR count). The molecule has 3 aromatic carbocycles. The van der Waals surface area contributed by atoms with Crippen molar-refractivity contribution in [2.24, 2.45) is 0 Å². The number of benzene rings is 3. The van der Waals surface area contributed by atoms with Crippen molar-refractivity contribution in [2.45, 2.75) is 13.1 Å². The van der Waals surface area contributed by atoms with E-state index >= 15 is 4.39 Å². The molecule has 1 aromatic heterocycles. The molecule has 3 amide bonds.